The predicted octanol–water partition coefficient (Wildman–Crippen LogP) is 1.82. The van der Waals surface area contributed by atoms with Crippen LogP contribution in [0.15, 0.2) is 18.5 Å². The monoisotopic (exact) mass is 280 g/mol. The molecule has 0 radical (unpaired) electrons. The van der Waals surface area contributed by atoms with Gasteiger partial charge in [-0.3, -0.25) is 9.78 Å². The maximum atomic E-state index is 12.9. The lowest BCUT2D eigenvalue weighted by Crippen LogP contribution is -2.35. The summed E-state index contributed by atoms with van der Waals surface area (Å²) in [7, 11) is 0. The van der Waals surface area contributed by atoms with Crippen molar-refractivity contribution in [2.75, 3.05) is 6.54 Å². The molecule has 1 amide bonds. The normalized spacial score (nSPS) is 17.1. The highest BCUT2D eigenvalue weighted by Gasteiger charge is 2.23. The molecule has 4 nitrogen and oxygen atoms in total. The second-order valence-corrected chi connectivity index (χ2v) is 5.43. The molecule has 1 saturated carbocycles. The van der Waals surface area contributed by atoms with Gasteiger partial charge < -0.3 is 10.4 Å². The fraction of sp³-hybridized carbons (Fsp3) is 0.600. The molecule has 2 rings (SSSR count). The Labute approximate surface area is 118 Å². The Hall–Kier alpha value is -1.49. The minimum absolute atomic E-state index is 0.119. The van der Waals surface area contributed by atoms with Gasteiger partial charge in [-0.2, -0.15) is 0 Å². The Morgan fingerprint density at radius 1 is 1.45 bits per heavy atom. The zero-order chi connectivity index (χ0) is 14.4. The van der Waals surface area contributed by atoms with Gasteiger partial charge in [-0.05, 0) is 36.8 Å². The highest BCUT2D eigenvalue weighted by Crippen LogP contribution is 2.27. The number of aliphatic hydroxyl groups is 1. The first-order chi connectivity index (χ1) is 9.65. The van der Waals surface area contributed by atoms with Gasteiger partial charge in [0.05, 0.1) is 12.3 Å². The molecule has 1 unspecified atom stereocenters. The van der Waals surface area contributed by atoms with Crippen LogP contribution in [0.25, 0.3) is 0 Å². The van der Waals surface area contributed by atoms with Gasteiger partial charge in [0.2, 0.25) is 5.91 Å². The molecule has 0 spiro atoms. The fourth-order valence-electron chi connectivity index (χ4n) is 2.67. The van der Waals surface area contributed by atoms with Crippen LogP contribution in [-0.4, -0.2) is 28.6 Å². The zero-order valence-corrected chi connectivity index (χ0v) is 11.5. The van der Waals surface area contributed by atoms with E-state index in [2.05, 4.69) is 10.3 Å². The van der Waals surface area contributed by atoms with E-state index >= 15 is 0 Å². The van der Waals surface area contributed by atoms with Crippen molar-refractivity contribution in [3.05, 3.63) is 29.8 Å². The van der Waals surface area contributed by atoms with Gasteiger partial charge in [0.1, 0.15) is 5.82 Å². The van der Waals surface area contributed by atoms with Gasteiger partial charge in [-0.1, -0.05) is 12.8 Å². The van der Waals surface area contributed by atoms with Crippen LogP contribution in [0.1, 0.15) is 37.7 Å². The largest absolute Gasteiger partial charge is 0.391 e. The summed E-state index contributed by atoms with van der Waals surface area (Å²) in [6, 6.07) is 1.38. The van der Waals surface area contributed by atoms with Crippen LogP contribution in [0.4, 0.5) is 4.39 Å². The Bertz CT molecular complexity index is 447. The first-order valence-corrected chi connectivity index (χ1v) is 7.19. The third-order valence-corrected chi connectivity index (χ3v) is 3.85. The van der Waals surface area contributed by atoms with Crippen LogP contribution in [-0.2, 0) is 11.2 Å². The lowest BCUT2D eigenvalue weighted by molar-refractivity contribution is -0.121. The minimum atomic E-state index is -0.447. The van der Waals surface area contributed by atoms with Gasteiger partial charge >= 0.3 is 0 Å². The van der Waals surface area contributed by atoms with E-state index in [1.807, 2.05) is 0 Å². The summed E-state index contributed by atoms with van der Waals surface area (Å²) in [4.78, 5) is 15.4. The number of aromatic nitrogens is 1. The number of halogens is 1. The maximum Gasteiger partial charge on any atom is 0.220 e. The highest BCUT2D eigenvalue weighted by molar-refractivity contribution is 5.76. The van der Waals surface area contributed by atoms with Crippen molar-refractivity contribution < 1.29 is 14.3 Å². The van der Waals surface area contributed by atoms with Crippen LogP contribution in [0.3, 0.4) is 0 Å². The first kappa shape index (κ1) is 14.9. The van der Waals surface area contributed by atoms with E-state index in [4.69, 9.17) is 0 Å². The molecule has 0 saturated heterocycles. The number of nitrogens with zero attached hydrogens (tertiary/aromatic N) is 1. The van der Waals surface area contributed by atoms with Crippen molar-refractivity contribution in [1.82, 2.24) is 10.3 Å². The van der Waals surface area contributed by atoms with Crippen LogP contribution < -0.4 is 5.32 Å². The topological polar surface area (TPSA) is 62.2 Å². The minimum Gasteiger partial charge on any atom is -0.391 e. The second-order valence-electron chi connectivity index (χ2n) is 5.43. The molecule has 1 heterocycles. The third-order valence-electron chi connectivity index (χ3n) is 3.85. The summed E-state index contributed by atoms with van der Waals surface area (Å²) in [5.41, 5.74) is 0.705. The van der Waals surface area contributed by atoms with Crippen molar-refractivity contribution in [2.45, 2.75) is 44.6 Å². The smallest absolute Gasteiger partial charge is 0.220 e. The fourth-order valence-corrected chi connectivity index (χ4v) is 2.67. The van der Waals surface area contributed by atoms with E-state index in [1.165, 1.54) is 18.9 Å². The number of aryl methyl sites for hydroxylation is 1. The molecule has 1 aliphatic carbocycles. The van der Waals surface area contributed by atoms with Crippen LogP contribution in [0, 0.1) is 11.7 Å². The summed E-state index contributed by atoms with van der Waals surface area (Å²) in [5.74, 6) is -0.186. The first-order valence-electron chi connectivity index (χ1n) is 7.19. The van der Waals surface area contributed by atoms with Crippen LogP contribution >= 0.6 is 0 Å². The lowest BCUT2D eigenvalue weighted by Gasteiger charge is -2.18. The Morgan fingerprint density at radius 3 is 2.90 bits per heavy atom. The second kappa shape index (κ2) is 7.33. The standard InChI is InChI=1S/C15H21FN2O2/c16-13-7-11(8-17-9-13)5-6-15(20)18-10-14(19)12-3-1-2-4-12/h7-9,12,14,19H,1-6,10H2,(H,18,20). The van der Waals surface area contributed by atoms with E-state index in [0.29, 0.717) is 24.4 Å². The van der Waals surface area contributed by atoms with Crippen molar-refractivity contribution >= 4 is 5.91 Å². The number of carbonyl (C=O) groups is 1. The van der Waals surface area contributed by atoms with Gasteiger partial charge in [0.15, 0.2) is 0 Å². The molecule has 110 valence electrons. The predicted molar refractivity (Wildman–Crippen MR) is 73.5 cm³/mol. The molecule has 0 bridgehead atoms. The molecular formula is C15H21FN2O2. The summed E-state index contributed by atoms with van der Waals surface area (Å²) in [6.07, 6.45) is 7.42. The van der Waals surface area contributed by atoms with Crippen molar-refractivity contribution in [2.24, 2.45) is 5.92 Å². The van der Waals surface area contributed by atoms with Gasteiger partial charge in [0.25, 0.3) is 0 Å². The van der Waals surface area contributed by atoms with E-state index in [-0.39, 0.29) is 18.1 Å². The van der Waals surface area contributed by atoms with E-state index in [9.17, 15) is 14.3 Å². The Morgan fingerprint density at radius 2 is 2.20 bits per heavy atom. The third kappa shape index (κ3) is 4.56. The quantitative estimate of drug-likeness (QED) is 0.835. The SMILES string of the molecule is O=C(CCc1cncc(F)c1)NCC(O)C1CCCC1. The van der Waals surface area contributed by atoms with E-state index in [0.717, 1.165) is 19.0 Å². The average Bonchev–Trinajstić information content (AvgIpc) is 2.97. The summed E-state index contributed by atoms with van der Waals surface area (Å²) < 4.78 is 12.9. The lowest BCUT2D eigenvalue weighted by atomic mass is 10.0. The number of amides is 1. The molecular weight excluding hydrogens is 259 g/mol. The Kier molecular flexibility index (Phi) is 5.47. The molecule has 1 aromatic heterocycles. The van der Waals surface area contributed by atoms with E-state index in [1.54, 1.807) is 6.20 Å². The number of rotatable bonds is 6. The average molecular weight is 280 g/mol. The molecule has 1 fully saturated rings. The number of aliphatic hydroxyl groups excluding tert-OH is 1. The van der Waals surface area contributed by atoms with Crippen LogP contribution in [0.5, 0.6) is 0 Å². The van der Waals surface area contributed by atoms with Crippen molar-refractivity contribution in [3.8, 4) is 0 Å². The zero-order valence-electron chi connectivity index (χ0n) is 11.5. The molecule has 0 aliphatic heterocycles. The van der Waals surface area contributed by atoms with E-state index < -0.39 is 6.10 Å². The molecule has 0 aromatic carbocycles. The van der Waals surface area contributed by atoms with Crippen LogP contribution in [0.2, 0.25) is 0 Å². The van der Waals surface area contributed by atoms with Gasteiger partial charge in [-0.15, -0.1) is 0 Å². The molecule has 1 aromatic rings. The van der Waals surface area contributed by atoms with Gasteiger partial charge in [0, 0.05) is 19.2 Å². The van der Waals surface area contributed by atoms with Crippen molar-refractivity contribution in [3.63, 3.8) is 0 Å². The molecule has 5 heteroatoms. The Balaban J connectivity index is 1.67. The number of nitrogens with one attached hydrogen (secondary N) is 1. The van der Waals surface area contributed by atoms with Crippen molar-refractivity contribution in [1.29, 1.82) is 0 Å². The summed E-state index contributed by atoms with van der Waals surface area (Å²) >= 11 is 0. The summed E-state index contributed by atoms with van der Waals surface area (Å²) in [6.45, 7) is 0.310. The number of hydrogen-bond acceptors (Lipinski definition) is 3. The van der Waals surface area contributed by atoms with Gasteiger partial charge in [-0.25, -0.2) is 4.39 Å². The molecule has 20 heavy (non-hydrogen) atoms. The molecule has 1 aliphatic rings. The number of carbonyl (C=O) groups excluding carboxylic acids is 1. The number of hydrogen-bond donors (Lipinski definition) is 2. The number of pyridine rings is 1. The maximum absolute atomic E-state index is 12.9. The highest BCUT2D eigenvalue weighted by atomic mass is 19.1. The molecule has 2 N–H and O–H groups in total. The molecule has 1 atom stereocenters. The summed E-state index contributed by atoms with van der Waals surface area (Å²) in [5, 5.41) is 12.7.